The first-order valence-electron chi connectivity index (χ1n) is 5.48. The molecule has 0 fully saturated rings. The minimum atomic E-state index is -0.860. The van der Waals surface area contributed by atoms with Gasteiger partial charge in [0.2, 0.25) is 0 Å². The highest BCUT2D eigenvalue weighted by Gasteiger charge is 2.13. The Morgan fingerprint density at radius 1 is 1.31 bits per heavy atom. The van der Waals surface area contributed by atoms with E-state index >= 15 is 0 Å². The summed E-state index contributed by atoms with van der Waals surface area (Å²) in [6.45, 7) is 12.3. The van der Waals surface area contributed by atoms with Crippen molar-refractivity contribution in [3.63, 3.8) is 0 Å². The molecular formula is C13H21NO2. The molecule has 0 bridgehead atoms. The average Bonchev–Trinajstić information content (AvgIpc) is 2.24. The largest absolute Gasteiger partial charge is 0.478 e. The lowest BCUT2D eigenvalue weighted by Crippen LogP contribution is -2.25. The smallest absolute Gasteiger partial charge is 0.333 e. The molecule has 0 atom stereocenters. The maximum absolute atomic E-state index is 11.0. The molecule has 0 aliphatic carbocycles. The van der Waals surface area contributed by atoms with Crippen LogP contribution < -0.4 is 0 Å². The molecule has 0 aromatic rings. The van der Waals surface area contributed by atoms with E-state index in [0.717, 1.165) is 18.5 Å². The number of nitrogens with zero attached hydrogens (tertiary/aromatic N) is 1. The van der Waals surface area contributed by atoms with Crippen molar-refractivity contribution in [2.75, 3.05) is 13.1 Å². The first-order chi connectivity index (χ1) is 7.58. The number of aliphatic carboxylic acids is 1. The van der Waals surface area contributed by atoms with E-state index in [4.69, 9.17) is 5.11 Å². The van der Waals surface area contributed by atoms with Gasteiger partial charge >= 0.3 is 5.97 Å². The minimum Gasteiger partial charge on any atom is -0.478 e. The zero-order valence-electron chi connectivity index (χ0n) is 10.2. The van der Waals surface area contributed by atoms with Gasteiger partial charge in [-0.05, 0) is 13.3 Å². The van der Waals surface area contributed by atoms with Crippen molar-refractivity contribution in [1.82, 2.24) is 4.90 Å². The Morgan fingerprint density at radius 3 is 2.12 bits per heavy atom. The third-order valence-corrected chi connectivity index (χ3v) is 2.32. The molecule has 0 saturated carbocycles. The predicted molar refractivity (Wildman–Crippen MR) is 67.2 cm³/mol. The SMILES string of the molecule is C=CCN(CC=C)/C(CCC)=C(\C)C(=O)O. The maximum Gasteiger partial charge on any atom is 0.333 e. The van der Waals surface area contributed by atoms with E-state index < -0.39 is 5.97 Å². The quantitative estimate of drug-likeness (QED) is 0.508. The lowest BCUT2D eigenvalue weighted by molar-refractivity contribution is -0.132. The molecule has 0 spiro atoms. The fourth-order valence-corrected chi connectivity index (χ4v) is 1.55. The molecule has 0 aliphatic rings. The molecule has 0 aliphatic heterocycles. The Balaban J connectivity index is 5.10. The molecular weight excluding hydrogens is 202 g/mol. The van der Waals surface area contributed by atoms with Crippen LogP contribution in [0.4, 0.5) is 0 Å². The van der Waals surface area contributed by atoms with Crippen LogP contribution in [0.3, 0.4) is 0 Å². The Morgan fingerprint density at radius 2 is 1.81 bits per heavy atom. The summed E-state index contributed by atoms with van der Waals surface area (Å²) in [5.74, 6) is -0.860. The van der Waals surface area contributed by atoms with Crippen LogP contribution in [0.25, 0.3) is 0 Å². The highest BCUT2D eigenvalue weighted by atomic mass is 16.4. The van der Waals surface area contributed by atoms with Gasteiger partial charge in [-0.15, -0.1) is 13.2 Å². The van der Waals surface area contributed by atoms with Crippen LogP contribution in [0.5, 0.6) is 0 Å². The molecule has 0 heterocycles. The van der Waals surface area contributed by atoms with Crippen LogP contribution in [-0.4, -0.2) is 29.1 Å². The van der Waals surface area contributed by atoms with Crippen molar-refractivity contribution in [1.29, 1.82) is 0 Å². The summed E-state index contributed by atoms with van der Waals surface area (Å²) in [6, 6.07) is 0. The number of carbonyl (C=O) groups is 1. The Labute approximate surface area is 97.8 Å². The maximum atomic E-state index is 11.0. The van der Waals surface area contributed by atoms with Crippen LogP contribution in [0.15, 0.2) is 36.6 Å². The fraction of sp³-hybridized carbons (Fsp3) is 0.462. The van der Waals surface area contributed by atoms with Gasteiger partial charge in [0, 0.05) is 18.8 Å². The van der Waals surface area contributed by atoms with Gasteiger partial charge in [0.05, 0.1) is 5.57 Å². The molecule has 1 N–H and O–H groups in total. The van der Waals surface area contributed by atoms with Crippen molar-refractivity contribution in [2.45, 2.75) is 26.7 Å². The van der Waals surface area contributed by atoms with Crippen molar-refractivity contribution in [2.24, 2.45) is 0 Å². The van der Waals surface area contributed by atoms with E-state index in [-0.39, 0.29) is 0 Å². The first kappa shape index (κ1) is 14.5. The van der Waals surface area contributed by atoms with E-state index in [0.29, 0.717) is 18.7 Å². The summed E-state index contributed by atoms with van der Waals surface area (Å²) in [4.78, 5) is 13.0. The first-order valence-corrected chi connectivity index (χ1v) is 5.48. The van der Waals surface area contributed by atoms with Crippen LogP contribution in [0.2, 0.25) is 0 Å². The van der Waals surface area contributed by atoms with Crippen molar-refractivity contribution >= 4 is 5.97 Å². The van der Waals surface area contributed by atoms with Gasteiger partial charge in [-0.1, -0.05) is 25.5 Å². The molecule has 0 aromatic carbocycles. The number of carboxylic acid groups (broad SMARTS) is 1. The highest BCUT2D eigenvalue weighted by molar-refractivity contribution is 5.86. The molecule has 3 heteroatoms. The van der Waals surface area contributed by atoms with Gasteiger partial charge in [0.25, 0.3) is 0 Å². The molecule has 90 valence electrons. The summed E-state index contributed by atoms with van der Waals surface area (Å²) in [7, 11) is 0. The summed E-state index contributed by atoms with van der Waals surface area (Å²) >= 11 is 0. The topological polar surface area (TPSA) is 40.5 Å². The van der Waals surface area contributed by atoms with Gasteiger partial charge in [-0.2, -0.15) is 0 Å². The van der Waals surface area contributed by atoms with Crippen molar-refractivity contribution in [3.8, 4) is 0 Å². The number of hydrogen-bond donors (Lipinski definition) is 1. The van der Waals surface area contributed by atoms with Crippen LogP contribution in [0, 0.1) is 0 Å². The summed E-state index contributed by atoms with van der Waals surface area (Å²) in [5, 5.41) is 9.03. The molecule has 16 heavy (non-hydrogen) atoms. The van der Waals surface area contributed by atoms with Gasteiger partial charge < -0.3 is 10.0 Å². The van der Waals surface area contributed by atoms with E-state index in [2.05, 4.69) is 13.2 Å². The summed E-state index contributed by atoms with van der Waals surface area (Å²) in [5.41, 5.74) is 1.28. The monoisotopic (exact) mass is 223 g/mol. The van der Waals surface area contributed by atoms with Crippen LogP contribution in [-0.2, 0) is 4.79 Å². The third-order valence-electron chi connectivity index (χ3n) is 2.32. The number of carboxylic acids is 1. The average molecular weight is 223 g/mol. The van der Waals surface area contributed by atoms with Crippen molar-refractivity contribution < 1.29 is 9.90 Å². The predicted octanol–water partition coefficient (Wildman–Crippen LogP) is 2.82. The van der Waals surface area contributed by atoms with E-state index in [1.165, 1.54) is 0 Å². The zero-order chi connectivity index (χ0) is 12.6. The molecule has 0 amide bonds. The summed E-state index contributed by atoms with van der Waals surface area (Å²) < 4.78 is 0. The number of allylic oxidation sites excluding steroid dienone is 1. The van der Waals surface area contributed by atoms with Crippen molar-refractivity contribution in [3.05, 3.63) is 36.6 Å². The number of hydrogen-bond acceptors (Lipinski definition) is 2. The second-order valence-electron chi connectivity index (χ2n) is 3.61. The Hall–Kier alpha value is -1.51. The Bertz CT molecular complexity index is 282. The zero-order valence-corrected chi connectivity index (χ0v) is 10.2. The molecule has 0 rings (SSSR count). The van der Waals surface area contributed by atoms with Gasteiger partial charge in [0.1, 0.15) is 0 Å². The molecule has 0 radical (unpaired) electrons. The minimum absolute atomic E-state index is 0.408. The third kappa shape index (κ3) is 4.34. The normalized spacial score (nSPS) is 11.6. The summed E-state index contributed by atoms with van der Waals surface area (Å²) in [6.07, 6.45) is 5.23. The van der Waals surface area contributed by atoms with Gasteiger partial charge in [-0.3, -0.25) is 0 Å². The van der Waals surface area contributed by atoms with Gasteiger partial charge in [-0.25, -0.2) is 4.79 Å². The molecule has 0 aromatic heterocycles. The van der Waals surface area contributed by atoms with Crippen LogP contribution in [0.1, 0.15) is 26.7 Å². The van der Waals surface area contributed by atoms with E-state index in [9.17, 15) is 4.79 Å². The van der Waals surface area contributed by atoms with Crippen LogP contribution >= 0.6 is 0 Å². The van der Waals surface area contributed by atoms with E-state index in [1.807, 2.05) is 11.8 Å². The van der Waals surface area contributed by atoms with E-state index in [1.54, 1.807) is 19.1 Å². The lowest BCUT2D eigenvalue weighted by atomic mass is 10.1. The number of rotatable bonds is 8. The second kappa shape index (κ2) is 7.74. The second-order valence-corrected chi connectivity index (χ2v) is 3.61. The van der Waals surface area contributed by atoms with Gasteiger partial charge in [0.15, 0.2) is 0 Å². The standard InChI is InChI=1S/C13H21NO2/c1-5-8-12(11(4)13(15)16)14(9-6-2)10-7-3/h6-7H,2-3,5,8-10H2,1,4H3,(H,15,16)/b12-11+. The molecule has 0 saturated heterocycles. The lowest BCUT2D eigenvalue weighted by Gasteiger charge is -2.26. The highest BCUT2D eigenvalue weighted by Crippen LogP contribution is 2.16. The Kier molecular flexibility index (Phi) is 7.01. The molecule has 0 unspecified atom stereocenters. The molecule has 3 nitrogen and oxygen atoms in total. The fourth-order valence-electron chi connectivity index (χ4n) is 1.55.